The van der Waals surface area contributed by atoms with Crippen LogP contribution in [0.5, 0.6) is 0 Å². The largest absolute Gasteiger partial charge is 0.464 e. The Bertz CT molecular complexity index is 1780. The van der Waals surface area contributed by atoms with Crippen molar-refractivity contribution in [2.75, 3.05) is 32.1 Å². The lowest BCUT2D eigenvalue weighted by Gasteiger charge is -2.22. The van der Waals surface area contributed by atoms with Gasteiger partial charge in [0.15, 0.2) is 0 Å². The summed E-state index contributed by atoms with van der Waals surface area (Å²) >= 11 is 0. The van der Waals surface area contributed by atoms with Crippen molar-refractivity contribution in [1.29, 1.82) is 0 Å². The van der Waals surface area contributed by atoms with Crippen LogP contribution in [-0.2, 0) is 43.3 Å². The summed E-state index contributed by atoms with van der Waals surface area (Å²) in [5, 5.41) is 17.0. The number of amides is 3. The second-order valence-electron chi connectivity index (χ2n) is 12.6. The highest BCUT2D eigenvalue weighted by atomic mass is 16.5. The number of carbonyl (C=O) groups is 4. The summed E-state index contributed by atoms with van der Waals surface area (Å²) in [6, 6.07) is 31.6. The predicted octanol–water partition coefficient (Wildman–Crippen LogP) is 6.58. The zero-order valence-corrected chi connectivity index (χ0v) is 30.5. The molecule has 0 aromatic heterocycles. The fraction of sp³-hybridized carbons (Fsp3) is 0.317. The summed E-state index contributed by atoms with van der Waals surface area (Å²) in [5.41, 5.74) is 4.87. The first-order valence-corrected chi connectivity index (χ1v) is 17.7. The summed E-state index contributed by atoms with van der Waals surface area (Å²) in [6.45, 7) is 2.25. The van der Waals surface area contributed by atoms with Crippen molar-refractivity contribution < 1.29 is 28.7 Å². The molecule has 0 fully saturated rings. The third kappa shape index (κ3) is 14.2. The fourth-order valence-corrected chi connectivity index (χ4v) is 5.34. The number of alkyl carbamates (subject to hydrolysis) is 1. The third-order valence-corrected chi connectivity index (χ3v) is 8.16. The van der Waals surface area contributed by atoms with E-state index in [9.17, 15) is 19.2 Å². The van der Waals surface area contributed by atoms with Crippen LogP contribution in [0.2, 0.25) is 0 Å². The van der Waals surface area contributed by atoms with Crippen LogP contribution in [0, 0.1) is 0 Å². The molecular weight excluding hydrogens is 672 g/mol. The van der Waals surface area contributed by atoms with E-state index in [-0.39, 0.29) is 38.4 Å². The molecule has 0 radical (unpaired) electrons. The minimum Gasteiger partial charge on any atom is -0.464 e. The first-order valence-electron chi connectivity index (χ1n) is 17.7. The van der Waals surface area contributed by atoms with Gasteiger partial charge in [0, 0.05) is 32.7 Å². The number of ether oxygens (including phenoxy) is 2. The molecule has 0 aliphatic heterocycles. The molecule has 0 aliphatic rings. The average Bonchev–Trinajstić information content (AvgIpc) is 3.16. The van der Waals surface area contributed by atoms with E-state index in [1.807, 2.05) is 128 Å². The van der Waals surface area contributed by atoms with Gasteiger partial charge in [-0.1, -0.05) is 72.8 Å². The van der Waals surface area contributed by atoms with E-state index in [0.717, 1.165) is 28.1 Å². The fourth-order valence-electron chi connectivity index (χ4n) is 5.34. The van der Waals surface area contributed by atoms with Crippen molar-refractivity contribution in [2.45, 2.75) is 57.7 Å². The zero-order valence-electron chi connectivity index (χ0n) is 30.5. The van der Waals surface area contributed by atoms with Crippen LogP contribution in [0.3, 0.4) is 0 Å². The van der Waals surface area contributed by atoms with Crippen LogP contribution >= 0.6 is 0 Å². The monoisotopic (exact) mass is 720 g/mol. The van der Waals surface area contributed by atoms with Gasteiger partial charge in [-0.15, -0.1) is 0 Å². The van der Waals surface area contributed by atoms with Gasteiger partial charge in [-0.2, -0.15) is 10.2 Å². The van der Waals surface area contributed by atoms with Crippen molar-refractivity contribution in [3.8, 4) is 0 Å². The van der Waals surface area contributed by atoms with Gasteiger partial charge in [-0.05, 0) is 79.3 Å². The maximum absolute atomic E-state index is 13.6. The smallest absolute Gasteiger partial charge is 0.408 e. The number of benzene rings is 4. The number of carbonyl (C=O) groups excluding carboxylic acids is 4. The number of unbranched alkanes of at least 4 members (excludes halogenated alkanes) is 1. The van der Waals surface area contributed by atoms with Crippen molar-refractivity contribution in [3.05, 3.63) is 126 Å². The summed E-state index contributed by atoms with van der Waals surface area (Å²) in [4.78, 5) is 53.9. The summed E-state index contributed by atoms with van der Waals surface area (Å²) in [7, 11) is 3.95. The Kier molecular flexibility index (Phi) is 16.0. The molecule has 4 aromatic rings. The number of nitrogens with zero attached hydrogens (tertiary/aromatic N) is 3. The molecule has 0 bridgehead atoms. The topological polar surface area (TPSA) is 151 Å². The first kappa shape index (κ1) is 39.7. The number of rotatable bonds is 19. The van der Waals surface area contributed by atoms with Crippen LogP contribution < -0.4 is 20.9 Å². The number of esters is 1. The van der Waals surface area contributed by atoms with Gasteiger partial charge in [0.05, 0.1) is 24.4 Å². The van der Waals surface area contributed by atoms with E-state index in [1.54, 1.807) is 6.92 Å². The van der Waals surface area contributed by atoms with Crippen LogP contribution in [0.15, 0.2) is 119 Å². The quantitative estimate of drug-likeness (QED) is 0.0563. The van der Waals surface area contributed by atoms with E-state index >= 15 is 0 Å². The van der Waals surface area contributed by atoms with Crippen LogP contribution in [-0.4, -0.2) is 63.2 Å². The number of azo groups is 1. The highest BCUT2D eigenvalue weighted by molar-refractivity contribution is 5.89. The molecule has 0 aliphatic carbocycles. The average molecular weight is 721 g/mol. The van der Waals surface area contributed by atoms with Gasteiger partial charge in [0.2, 0.25) is 11.8 Å². The maximum atomic E-state index is 13.6. The molecule has 3 N–H and O–H groups in total. The molecule has 278 valence electrons. The van der Waals surface area contributed by atoms with Crippen molar-refractivity contribution in [1.82, 2.24) is 16.0 Å². The first-order chi connectivity index (χ1) is 25.7. The summed E-state index contributed by atoms with van der Waals surface area (Å²) in [6.07, 6.45) is 0.903. The van der Waals surface area contributed by atoms with Gasteiger partial charge >= 0.3 is 12.1 Å². The summed E-state index contributed by atoms with van der Waals surface area (Å²) < 4.78 is 10.6. The van der Waals surface area contributed by atoms with E-state index < -0.39 is 30.1 Å². The molecule has 0 spiro atoms. The molecule has 12 heteroatoms. The second-order valence-corrected chi connectivity index (χ2v) is 12.6. The van der Waals surface area contributed by atoms with Gasteiger partial charge < -0.3 is 30.3 Å². The van der Waals surface area contributed by atoms with E-state index in [2.05, 4.69) is 26.2 Å². The minimum absolute atomic E-state index is 0.0309. The molecular formula is C41H48N6O6. The van der Waals surface area contributed by atoms with E-state index in [1.165, 1.54) is 0 Å². The minimum atomic E-state index is -0.996. The molecule has 4 rings (SSSR count). The van der Waals surface area contributed by atoms with Crippen molar-refractivity contribution in [2.24, 2.45) is 10.2 Å². The SMILES string of the molecule is CCOC(=O)C(Cc1ccccc1)NC(=O)C(CCCCNC(=O)Cc1cccc(N=Nc2ccc(N(C)C)cc2)c1)NC(=O)OCc1ccccc1. The Labute approximate surface area is 311 Å². The molecule has 2 atom stereocenters. The lowest BCUT2D eigenvalue weighted by atomic mass is 10.0. The predicted molar refractivity (Wildman–Crippen MR) is 204 cm³/mol. The van der Waals surface area contributed by atoms with Gasteiger partial charge in [0.1, 0.15) is 18.7 Å². The molecule has 3 amide bonds. The van der Waals surface area contributed by atoms with Crippen molar-refractivity contribution in [3.63, 3.8) is 0 Å². The van der Waals surface area contributed by atoms with Crippen LogP contribution in [0.4, 0.5) is 21.9 Å². The van der Waals surface area contributed by atoms with Crippen LogP contribution in [0.1, 0.15) is 42.9 Å². The molecule has 0 heterocycles. The van der Waals surface area contributed by atoms with Gasteiger partial charge in [-0.3, -0.25) is 9.59 Å². The van der Waals surface area contributed by atoms with E-state index in [0.29, 0.717) is 25.1 Å². The lowest BCUT2D eigenvalue weighted by Crippen LogP contribution is -2.52. The highest BCUT2D eigenvalue weighted by Gasteiger charge is 2.28. The zero-order chi connectivity index (χ0) is 37.8. The molecule has 4 aromatic carbocycles. The van der Waals surface area contributed by atoms with Crippen molar-refractivity contribution >= 4 is 40.9 Å². The number of nitrogens with one attached hydrogen (secondary N) is 3. The Morgan fingerprint density at radius 2 is 1.36 bits per heavy atom. The lowest BCUT2D eigenvalue weighted by molar-refractivity contribution is -0.147. The molecule has 12 nitrogen and oxygen atoms in total. The van der Waals surface area contributed by atoms with Gasteiger partial charge in [-0.25, -0.2) is 9.59 Å². The molecule has 0 saturated heterocycles. The number of hydrogen-bond donors (Lipinski definition) is 3. The van der Waals surface area contributed by atoms with E-state index in [4.69, 9.17) is 9.47 Å². The Hall–Kier alpha value is -6.04. The Morgan fingerprint density at radius 1 is 0.698 bits per heavy atom. The standard InChI is InChI=1S/C41H48N6O6/c1-4-52-40(50)37(27-30-14-7-5-8-15-30)43-39(49)36(44-41(51)53-29-31-16-9-6-10-17-31)20-11-12-25-42-38(48)28-32-18-13-19-34(26-32)46-45-33-21-23-35(24-22-33)47(2)3/h5-10,13-19,21-24,26,36-37H,4,11-12,20,25,27-29H2,1-3H3,(H,42,48)(H,43,49)(H,44,51). The number of anilines is 1. The molecule has 0 saturated carbocycles. The highest BCUT2D eigenvalue weighted by Crippen LogP contribution is 2.22. The van der Waals surface area contributed by atoms with Gasteiger partial charge in [0.25, 0.3) is 0 Å². The maximum Gasteiger partial charge on any atom is 0.408 e. The Balaban J connectivity index is 1.29. The third-order valence-electron chi connectivity index (χ3n) is 8.16. The second kappa shape index (κ2) is 21.4. The molecule has 2 unspecified atom stereocenters. The summed E-state index contributed by atoms with van der Waals surface area (Å²) in [5.74, 6) is -1.27. The normalized spacial score (nSPS) is 12.0. The molecule has 53 heavy (non-hydrogen) atoms. The number of hydrogen-bond acceptors (Lipinski definition) is 9. The van der Waals surface area contributed by atoms with Crippen LogP contribution in [0.25, 0.3) is 0 Å². The Morgan fingerprint density at radius 3 is 2.04 bits per heavy atom.